The molecule has 0 fully saturated rings. The maximum Gasteiger partial charge on any atom is 0.306 e. The average molecular weight is 1060 g/mol. The van der Waals surface area contributed by atoms with Crippen molar-refractivity contribution in [3.63, 3.8) is 0 Å². The van der Waals surface area contributed by atoms with Crippen molar-refractivity contribution in [1.29, 1.82) is 0 Å². The molecule has 0 aromatic carbocycles. The van der Waals surface area contributed by atoms with E-state index >= 15 is 0 Å². The Bertz CT molecular complexity index is 1170. The van der Waals surface area contributed by atoms with Crippen molar-refractivity contribution in [2.75, 3.05) is 13.2 Å². The molecule has 0 aromatic heterocycles. The van der Waals surface area contributed by atoms with Crippen LogP contribution in [0.1, 0.15) is 393 Å². The number of unbranched alkanes of at least 4 members (excludes halogenated alkanes) is 51. The standard InChI is InChI=1S/C69H132O6/c1-4-7-10-13-16-19-22-25-27-29-30-31-32-33-34-35-36-37-38-39-40-42-44-47-50-53-56-59-62-68(71)74-65-66(64-73-67(70)61-58-55-52-49-46-43-24-21-18-15-12-9-6-3)75-69(72)63-60-57-54-51-48-45-41-28-26-23-20-17-14-11-8-5-2/h28,41,66H,4-27,29-40,42-65H2,1-3H3/b41-28-. The van der Waals surface area contributed by atoms with Crippen LogP contribution in [-0.4, -0.2) is 37.2 Å². The molecule has 444 valence electrons. The fraction of sp³-hybridized carbons (Fsp3) is 0.928. The lowest BCUT2D eigenvalue weighted by atomic mass is 10.0. The first-order valence-electron chi connectivity index (χ1n) is 34.2. The molecule has 6 heteroatoms. The molecule has 0 aliphatic rings. The molecular formula is C69H132O6. The van der Waals surface area contributed by atoms with Crippen molar-refractivity contribution in [1.82, 2.24) is 0 Å². The van der Waals surface area contributed by atoms with Crippen molar-refractivity contribution >= 4 is 17.9 Å². The molecule has 0 amide bonds. The summed E-state index contributed by atoms with van der Waals surface area (Å²) in [5.74, 6) is -0.844. The first kappa shape index (κ1) is 73.2. The first-order chi connectivity index (χ1) is 37.0. The second kappa shape index (κ2) is 64.7. The molecule has 0 rings (SSSR count). The van der Waals surface area contributed by atoms with Gasteiger partial charge in [-0.15, -0.1) is 0 Å². The van der Waals surface area contributed by atoms with Crippen LogP contribution in [0.5, 0.6) is 0 Å². The Kier molecular flexibility index (Phi) is 63.1. The zero-order chi connectivity index (χ0) is 54.3. The van der Waals surface area contributed by atoms with Gasteiger partial charge in [0.05, 0.1) is 0 Å². The minimum atomic E-state index is -0.770. The number of rotatable bonds is 64. The van der Waals surface area contributed by atoms with Crippen molar-refractivity contribution in [2.45, 2.75) is 399 Å². The van der Waals surface area contributed by atoms with E-state index in [1.165, 1.54) is 289 Å². The molecule has 0 radical (unpaired) electrons. The molecule has 0 aliphatic carbocycles. The number of ether oxygens (including phenoxy) is 3. The number of carbonyl (C=O) groups is 3. The van der Waals surface area contributed by atoms with Gasteiger partial charge in [0.15, 0.2) is 6.10 Å². The second-order valence-corrected chi connectivity index (χ2v) is 23.5. The van der Waals surface area contributed by atoms with Crippen LogP contribution < -0.4 is 0 Å². The number of hydrogen-bond donors (Lipinski definition) is 0. The van der Waals surface area contributed by atoms with E-state index in [9.17, 15) is 14.4 Å². The highest BCUT2D eigenvalue weighted by Crippen LogP contribution is 2.19. The van der Waals surface area contributed by atoms with Crippen molar-refractivity contribution < 1.29 is 28.6 Å². The Morgan fingerprint density at radius 1 is 0.253 bits per heavy atom. The van der Waals surface area contributed by atoms with E-state index in [4.69, 9.17) is 14.2 Å². The molecule has 0 spiro atoms. The summed E-state index contributed by atoms with van der Waals surface area (Å²) in [6, 6.07) is 0. The molecule has 0 N–H and O–H groups in total. The van der Waals surface area contributed by atoms with Gasteiger partial charge < -0.3 is 14.2 Å². The normalized spacial score (nSPS) is 12.0. The highest BCUT2D eigenvalue weighted by atomic mass is 16.6. The molecule has 75 heavy (non-hydrogen) atoms. The van der Waals surface area contributed by atoms with E-state index < -0.39 is 6.10 Å². The van der Waals surface area contributed by atoms with Crippen LogP contribution in [0.4, 0.5) is 0 Å². The Morgan fingerprint density at radius 3 is 0.667 bits per heavy atom. The van der Waals surface area contributed by atoms with E-state index in [0.717, 1.165) is 64.2 Å². The molecule has 0 saturated heterocycles. The van der Waals surface area contributed by atoms with Crippen LogP contribution in [0.15, 0.2) is 12.2 Å². The van der Waals surface area contributed by atoms with E-state index in [1.54, 1.807) is 0 Å². The van der Waals surface area contributed by atoms with Gasteiger partial charge in [-0.1, -0.05) is 341 Å². The second-order valence-electron chi connectivity index (χ2n) is 23.5. The van der Waals surface area contributed by atoms with Gasteiger partial charge in [0.1, 0.15) is 13.2 Å². The average Bonchev–Trinajstić information content (AvgIpc) is 3.41. The molecule has 0 bridgehead atoms. The summed E-state index contributed by atoms with van der Waals surface area (Å²) in [7, 11) is 0. The Labute approximate surface area is 469 Å². The predicted octanol–water partition coefficient (Wildman–Crippen LogP) is 23.2. The van der Waals surface area contributed by atoms with Crippen LogP contribution in [0, 0.1) is 0 Å². The largest absolute Gasteiger partial charge is 0.462 e. The van der Waals surface area contributed by atoms with Crippen LogP contribution in [-0.2, 0) is 28.6 Å². The highest BCUT2D eigenvalue weighted by molar-refractivity contribution is 5.71. The maximum absolute atomic E-state index is 12.9. The number of hydrogen-bond acceptors (Lipinski definition) is 6. The molecular weight excluding hydrogens is 925 g/mol. The maximum atomic E-state index is 12.9. The topological polar surface area (TPSA) is 78.9 Å². The first-order valence-corrected chi connectivity index (χ1v) is 34.2. The van der Waals surface area contributed by atoms with Gasteiger partial charge in [0.25, 0.3) is 0 Å². The van der Waals surface area contributed by atoms with Gasteiger partial charge in [0, 0.05) is 19.3 Å². The summed E-state index contributed by atoms with van der Waals surface area (Å²) in [6.45, 7) is 6.71. The molecule has 1 atom stereocenters. The van der Waals surface area contributed by atoms with E-state index in [0.29, 0.717) is 19.3 Å². The molecule has 0 aromatic rings. The zero-order valence-electron chi connectivity index (χ0n) is 51.1. The summed E-state index contributed by atoms with van der Waals surface area (Å²) >= 11 is 0. The zero-order valence-corrected chi connectivity index (χ0v) is 51.1. The summed E-state index contributed by atoms with van der Waals surface area (Å²) < 4.78 is 16.9. The minimum absolute atomic E-state index is 0.0669. The van der Waals surface area contributed by atoms with Crippen LogP contribution in [0.25, 0.3) is 0 Å². The van der Waals surface area contributed by atoms with E-state index in [1.807, 2.05) is 0 Å². The van der Waals surface area contributed by atoms with Crippen LogP contribution >= 0.6 is 0 Å². The summed E-state index contributed by atoms with van der Waals surface area (Å²) in [5, 5.41) is 0. The molecule has 0 heterocycles. The Hall–Kier alpha value is -1.85. The van der Waals surface area contributed by atoms with Gasteiger partial charge in [-0.3, -0.25) is 14.4 Å². The highest BCUT2D eigenvalue weighted by Gasteiger charge is 2.19. The monoisotopic (exact) mass is 1060 g/mol. The van der Waals surface area contributed by atoms with E-state index in [2.05, 4.69) is 32.9 Å². The molecule has 0 aliphatic heterocycles. The lowest BCUT2D eigenvalue weighted by Crippen LogP contribution is -2.30. The van der Waals surface area contributed by atoms with Crippen LogP contribution in [0.3, 0.4) is 0 Å². The fourth-order valence-electron chi connectivity index (χ4n) is 10.6. The number of carbonyl (C=O) groups excluding carboxylic acids is 3. The quantitative estimate of drug-likeness (QED) is 0.0261. The van der Waals surface area contributed by atoms with Gasteiger partial charge in [-0.2, -0.15) is 0 Å². The number of allylic oxidation sites excluding steroid dienone is 2. The van der Waals surface area contributed by atoms with Gasteiger partial charge in [-0.05, 0) is 44.9 Å². The summed E-state index contributed by atoms with van der Waals surface area (Å²) in [6.07, 6.45) is 76.7. The van der Waals surface area contributed by atoms with Crippen LogP contribution in [0.2, 0.25) is 0 Å². The van der Waals surface area contributed by atoms with Crippen molar-refractivity contribution in [3.8, 4) is 0 Å². The lowest BCUT2D eigenvalue weighted by molar-refractivity contribution is -0.167. The third-order valence-corrected chi connectivity index (χ3v) is 15.8. The van der Waals surface area contributed by atoms with Crippen molar-refractivity contribution in [2.24, 2.45) is 0 Å². The third-order valence-electron chi connectivity index (χ3n) is 15.8. The summed E-state index contributed by atoms with van der Waals surface area (Å²) in [4.78, 5) is 38.3. The third kappa shape index (κ3) is 62.9. The fourth-order valence-corrected chi connectivity index (χ4v) is 10.6. The van der Waals surface area contributed by atoms with Gasteiger partial charge >= 0.3 is 17.9 Å². The van der Waals surface area contributed by atoms with Gasteiger partial charge in [0.2, 0.25) is 0 Å². The minimum Gasteiger partial charge on any atom is -0.462 e. The summed E-state index contributed by atoms with van der Waals surface area (Å²) in [5.41, 5.74) is 0. The molecule has 1 unspecified atom stereocenters. The Balaban J connectivity index is 4.15. The lowest BCUT2D eigenvalue weighted by Gasteiger charge is -2.18. The SMILES string of the molecule is CCCCCCCCC/C=C\CCCCCCCC(=O)OC(COC(=O)CCCCCCCCCCCCCCC)COC(=O)CCCCCCCCCCCCCCCCCCCCCCCCCCCCCC. The van der Waals surface area contributed by atoms with Gasteiger partial charge in [-0.25, -0.2) is 0 Å². The number of esters is 3. The smallest absolute Gasteiger partial charge is 0.306 e. The van der Waals surface area contributed by atoms with Crippen molar-refractivity contribution in [3.05, 3.63) is 12.2 Å². The predicted molar refractivity (Wildman–Crippen MR) is 326 cm³/mol. The Morgan fingerprint density at radius 2 is 0.440 bits per heavy atom. The molecule has 0 saturated carbocycles. The molecule has 6 nitrogen and oxygen atoms in total. The van der Waals surface area contributed by atoms with E-state index in [-0.39, 0.29) is 31.1 Å².